The normalized spacial score (nSPS) is 26.1. The maximum absolute atomic E-state index is 11.7. The van der Waals surface area contributed by atoms with Gasteiger partial charge in [-0.2, -0.15) is 13.2 Å². The van der Waals surface area contributed by atoms with Crippen LogP contribution in [0, 0.1) is 5.92 Å². The van der Waals surface area contributed by atoms with Crippen LogP contribution in [0.1, 0.15) is 25.7 Å². The summed E-state index contributed by atoms with van der Waals surface area (Å²) in [6.07, 6.45) is -3.73. The summed E-state index contributed by atoms with van der Waals surface area (Å²) in [6.45, 7) is 0. The number of Topliss-reactive ketones (excluding diaryl/α,β-unsaturated/α-hetero) is 1. The van der Waals surface area contributed by atoms with Crippen LogP contribution in [0.3, 0.4) is 0 Å². The lowest BCUT2D eigenvalue weighted by Gasteiger charge is -2.10. The monoisotopic (exact) mass is 166 g/mol. The molecular formula is C7H9F3O. The summed E-state index contributed by atoms with van der Waals surface area (Å²) in [4.78, 5) is 10.8. The zero-order valence-corrected chi connectivity index (χ0v) is 5.95. The number of hydrogen-bond donors (Lipinski definition) is 0. The van der Waals surface area contributed by atoms with Gasteiger partial charge in [-0.1, -0.05) is 0 Å². The fraction of sp³-hybridized carbons (Fsp3) is 0.857. The van der Waals surface area contributed by atoms with Crippen molar-refractivity contribution in [2.75, 3.05) is 0 Å². The van der Waals surface area contributed by atoms with Crippen LogP contribution in [0.25, 0.3) is 0 Å². The molecule has 1 nitrogen and oxygen atoms in total. The number of rotatable bonds is 1. The molecule has 0 aromatic rings. The van der Waals surface area contributed by atoms with Crippen LogP contribution in [0.4, 0.5) is 13.2 Å². The molecule has 1 saturated carbocycles. The fourth-order valence-corrected chi connectivity index (χ4v) is 1.38. The molecule has 1 fully saturated rings. The largest absolute Gasteiger partial charge is 0.389 e. The molecule has 0 saturated heterocycles. The first-order valence-electron chi connectivity index (χ1n) is 3.58. The molecule has 1 rings (SSSR count). The molecule has 1 atom stereocenters. The number of carbonyl (C=O) groups excluding carboxylic acids is 1. The van der Waals surface area contributed by atoms with Crippen molar-refractivity contribution < 1.29 is 18.0 Å². The Morgan fingerprint density at radius 2 is 2.09 bits per heavy atom. The molecule has 0 aromatic carbocycles. The summed E-state index contributed by atoms with van der Waals surface area (Å²) in [6, 6.07) is 0. The molecule has 0 amide bonds. The van der Waals surface area contributed by atoms with Gasteiger partial charge in [0.05, 0.1) is 6.42 Å². The van der Waals surface area contributed by atoms with Gasteiger partial charge in [-0.05, 0) is 12.8 Å². The Labute approximate surface area is 62.6 Å². The number of halogens is 3. The standard InChI is InChI=1S/C7H9F3O/c8-7(9,10)4-5-2-1-3-6(5)11/h5H,1-4H2/t5-/m0/s1. The van der Waals surface area contributed by atoms with Crippen molar-refractivity contribution in [1.29, 1.82) is 0 Å². The summed E-state index contributed by atoms with van der Waals surface area (Å²) in [7, 11) is 0. The average Bonchev–Trinajstić information content (AvgIpc) is 2.12. The molecule has 0 aliphatic heterocycles. The highest BCUT2D eigenvalue weighted by molar-refractivity contribution is 5.82. The van der Waals surface area contributed by atoms with Crippen LogP contribution < -0.4 is 0 Å². The van der Waals surface area contributed by atoms with Crippen LogP contribution in [-0.2, 0) is 4.79 Å². The van der Waals surface area contributed by atoms with Crippen molar-refractivity contribution in [1.82, 2.24) is 0 Å². The van der Waals surface area contributed by atoms with E-state index in [0.717, 1.165) is 0 Å². The maximum atomic E-state index is 11.7. The van der Waals surface area contributed by atoms with Gasteiger partial charge in [-0.3, -0.25) is 4.79 Å². The molecule has 0 spiro atoms. The van der Waals surface area contributed by atoms with Gasteiger partial charge in [0, 0.05) is 12.3 Å². The first-order chi connectivity index (χ1) is 4.99. The number of alkyl halides is 3. The molecule has 0 N–H and O–H groups in total. The second-order valence-corrected chi connectivity index (χ2v) is 2.87. The number of hydrogen-bond acceptors (Lipinski definition) is 1. The van der Waals surface area contributed by atoms with Crippen LogP contribution in [0.15, 0.2) is 0 Å². The molecule has 4 heteroatoms. The lowest BCUT2D eigenvalue weighted by Crippen LogP contribution is -2.17. The third-order valence-corrected chi connectivity index (χ3v) is 1.91. The number of ketones is 1. The van der Waals surface area contributed by atoms with Crippen LogP contribution in [0.5, 0.6) is 0 Å². The molecule has 0 bridgehead atoms. The van der Waals surface area contributed by atoms with Crippen molar-refractivity contribution in [2.24, 2.45) is 5.92 Å². The third-order valence-electron chi connectivity index (χ3n) is 1.91. The Hall–Kier alpha value is -0.540. The minimum Gasteiger partial charge on any atom is -0.299 e. The first-order valence-corrected chi connectivity index (χ1v) is 3.58. The van der Waals surface area contributed by atoms with E-state index in [1.807, 2.05) is 0 Å². The molecule has 11 heavy (non-hydrogen) atoms. The van der Waals surface area contributed by atoms with Crippen molar-refractivity contribution >= 4 is 5.78 Å². The van der Waals surface area contributed by atoms with E-state index in [-0.39, 0.29) is 5.78 Å². The van der Waals surface area contributed by atoms with Crippen LogP contribution in [-0.4, -0.2) is 12.0 Å². The van der Waals surface area contributed by atoms with E-state index >= 15 is 0 Å². The van der Waals surface area contributed by atoms with Gasteiger partial charge in [0.1, 0.15) is 5.78 Å². The van der Waals surface area contributed by atoms with Gasteiger partial charge in [0.2, 0.25) is 0 Å². The third kappa shape index (κ3) is 2.52. The quantitative estimate of drug-likeness (QED) is 0.584. The lowest BCUT2D eigenvalue weighted by molar-refractivity contribution is -0.151. The zero-order valence-electron chi connectivity index (χ0n) is 5.95. The van der Waals surface area contributed by atoms with E-state index < -0.39 is 18.5 Å². The van der Waals surface area contributed by atoms with E-state index in [0.29, 0.717) is 19.3 Å². The summed E-state index contributed by atoms with van der Waals surface area (Å²) in [5.74, 6) is -0.961. The minimum absolute atomic E-state index is 0.220. The van der Waals surface area contributed by atoms with Gasteiger partial charge >= 0.3 is 6.18 Å². The van der Waals surface area contributed by atoms with Crippen molar-refractivity contribution in [3.63, 3.8) is 0 Å². The first kappa shape index (κ1) is 8.56. The molecular weight excluding hydrogens is 157 g/mol. The summed E-state index contributed by atoms with van der Waals surface area (Å²) >= 11 is 0. The molecule has 0 heterocycles. The van der Waals surface area contributed by atoms with Gasteiger partial charge in [0.25, 0.3) is 0 Å². The number of carbonyl (C=O) groups is 1. The lowest BCUT2D eigenvalue weighted by atomic mass is 10.0. The van der Waals surface area contributed by atoms with Crippen molar-refractivity contribution in [2.45, 2.75) is 31.9 Å². The molecule has 0 unspecified atom stereocenters. The Bertz CT molecular complexity index is 162. The van der Waals surface area contributed by atoms with Crippen molar-refractivity contribution in [3.8, 4) is 0 Å². The molecule has 1 aliphatic carbocycles. The van der Waals surface area contributed by atoms with Crippen LogP contribution in [0.2, 0.25) is 0 Å². The van der Waals surface area contributed by atoms with E-state index in [2.05, 4.69) is 0 Å². The Morgan fingerprint density at radius 3 is 2.45 bits per heavy atom. The average molecular weight is 166 g/mol. The highest BCUT2D eigenvalue weighted by Gasteiger charge is 2.36. The highest BCUT2D eigenvalue weighted by atomic mass is 19.4. The molecule has 64 valence electrons. The minimum atomic E-state index is -4.18. The van der Waals surface area contributed by atoms with Gasteiger partial charge in [-0.25, -0.2) is 0 Å². The van der Waals surface area contributed by atoms with E-state index in [9.17, 15) is 18.0 Å². The highest BCUT2D eigenvalue weighted by Crippen LogP contribution is 2.32. The Morgan fingerprint density at radius 1 is 1.45 bits per heavy atom. The molecule has 0 aromatic heterocycles. The van der Waals surface area contributed by atoms with E-state index in [1.165, 1.54) is 0 Å². The van der Waals surface area contributed by atoms with E-state index in [1.54, 1.807) is 0 Å². The smallest absolute Gasteiger partial charge is 0.299 e. The molecule has 0 radical (unpaired) electrons. The second kappa shape index (κ2) is 2.83. The van der Waals surface area contributed by atoms with Gasteiger partial charge in [-0.15, -0.1) is 0 Å². The summed E-state index contributed by atoms with van der Waals surface area (Å²) < 4.78 is 35.2. The van der Waals surface area contributed by atoms with Crippen LogP contribution >= 0.6 is 0 Å². The Kier molecular flexibility index (Phi) is 2.20. The fourth-order valence-electron chi connectivity index (χ4n) is 1.38. The predicted molar refractivity (Wildman–Crippen MR) is 33.0 cm³/mol. The van der Waals surface area contributed by atoms with Crippen molar-refractivity contribution in [3.05, 3.63) is 0 Å². The summed E-state index contributed by atoms with van der Waals surface area (Å²) in [5.41, 5.74) is 0. The van der Waals surface area contributed by atoms with E-state index in [4.69, 9.17) is 0 Å². The summed E-state index contributed by atoms with van der Waals surface area (Å²) in [5, 5.41) is 0. The predicted octanol–water partition coefficient (Wildman–Crippen LogP) is 2.31. The SMILES string of the molecule is O=C1CCC[C@H]1CC(F)(F)F. The second-order valence-electron chi connectivity index (χ2n) is 2.87. The maximum Gasteiger partial charge on any atom is 0.389 e. The Balaban J connectivity index is 2.43. The topological polar surface area (TPSA) is 17.1 Å². The van der Waals surface area contributed by atoms with Gasteiger partial charge in [0.15, 0.2) is 0 Å². The zero-order chi connectivity index (χ0) is 8.48. The molecule has 1 aliphatic rings. The van der Waals surface area contributed by atoms with Gasteiger partial charge < -0.3 is 0 Å².